The molecule has 4 nitrogen and oxygen atoms in total. The quantitative estimate of drug-likeness (QED) is 0.799. The Morgan fingerprint density at radius 2 is 2.00 bits per heavy atom. The molecule has 1 saturated heterocycles. The lowest BCUT2D eigenvalue weighted by Gasteiger charge is -2.23. The van der Waals surface area contributed by atoms with Crippen molar-refractivity contribution in [3.63, 3.8) is 0 Å². The van der Waals surface area contributed by atoms with Gasteiger partial charge in [0.05, 0.1) is 0 Å². The van der Waals surface area contributed by atoms with E-state index in [-0.39, 0.29) is 30.4 Å². The predicted molar refractivity (Wildman–Crippen MR) is 78.2 cm³/mol. The van der Waals surface area contributed by atoms with Crippen molar-refractivity contribution in [3.8, 4) is 0 Å². The summed E-state index contributed by atoms with van der Waals surface area (Å²) in [6.07, 6.45) is 2.57. The highest BCUT2D eigenvalue weighted by Gasteiger charge is 2.45. The lowest BCUT2D eigenvalue weighted by atomic mass is 10.2. The minimum Gasteiger partial charge on any atom is -0.459 e. The fourth-order valence-electron chi connectivity index (χ4n) is 2.98. The SMILES string of the molecule is C[C@@H]1C[C@H]1C(=O)N1CCC[C@H]1C(=O)OCc1ccccc1. The first-order chi connectivity index (χ1) is 10.2. The van der Waals surface area contributed by atoms with Crippen molar-refractivity contribution in [2.24, 2.45) is 11.8 Å². The van der Waals surface area contributed by atoms with E-state index >= 15 is 0 Å². The number of benzene rings is 1. The Bertz CT molecular complexity index is 528. The van der Waals surface area contributed by atoms with E-state index in [1.54, 1.807) is 4.90 Å². The smallest absolute Gasteiger partial charge is 0.329 e. The molecule has 3 atom stereocenters. The van der Waals surface area contributed by atoms with Crippen LogP contribution in [0.2, 0.25) is 0 Å². The second-order valence-electron chi connectivity index (χ2n) is 6.10. The molecule has 4 heteroatoms. The van der Waals surface area contributed by atoms with Crippen LogP contribution in [0.4, 0.5) is 0 Å². The van der Waals surface area contributed by atoms with E-state index in [9.17, 15) is 9.59 Å². The maximum atomic E-state index is 12.3. The molecule has 0 unspecified atom stereocenters. The zero-order chi connectivity index (χ0) is 14.8. The van der Waals surface area contributed by atoms with Crippen LogP contribution < -0.4 is 0 Å². The third kappa shape index (κ3) is 3.09. The topological polar surface area (TPSA) is 46.6 Å². The van der Waals surface area contributed by atoms with E-state index in [2.05, 4.69) is 6.92 Å². The number of ether oxygens (including phenoxy) is 1. The molecule has 1 saturated carbocycles. The number of likely N-dealkylation sites (tertiary alicyclic amines) is 1. The standard InChI is InChI=1S/C17H21NO3/c1-12-10-14(12)16(19)18-9-5-8-15(18)17(20)21-11-13-6-3-2-4-7-13/h2-4,6-7,12,14-15H,5,8-11H2,1H3/t12-,14-,15+/m1/s1. The lowest BCUT2D eigenvalue weighted by molar-refractivity contribution is -0.155. The van der Waals surface area contributed by atoms with E-state index in [4.69, 9.17) is 4.74 Å². The van der Waals surface area contributed by atoms with Crippen LogP contribution in [0.1, 0.15) is 31.7 Å². The zero-order valence-electron chi connectivity index (χ0n) is 12.3. The van der Waals surface area contributed by atoms with Gasteiger partial charge in [-0.15, -0.1) is 0 Å². The van der Waals surface area contributed by atoms with E-state index in [1.165, 1.54) is 0 Å². The number of rotatable bonds is 4. The van der Waals surface area contributed by atoms with Crippen LogP contribution in [0, 0.1) is 11.8 Å². The second kappa shape index (κ2) is 5.88. The van der Waals surface area contributed by atoms with Gasteiger partial charge in [0.2, 0.25) is 5.91 Å². The van der Waals surface area contributed by atoms with Gasteiger partial charge < -0.3 is 9.64 Å². The Labute approximate surface area is 125 Å². The number of hydrogen-bond acceptors (Lipinski definition) is 3. The summed E-state index contributed by atoms with van der Waals surface area (Å²) >= 11 is 0. The minimum absolute atomic E-state index is 0.132. The van der Waals surface area contributed by atoms with Crippen molar-refractivity contribution in [1.29, 1.82) is 0 Å². The van der Waals surface area contributed by atoms with Gasteiger partial charge >= 0.3 is 5.97 Å². The molecule has 1 amide bonds. The highest BCUT2D eigenvalue weighted by molar-refractivity contribution is 5.88. The molecule has 1 aromatic rings. The molecule has 1 aromatic carbocycles. The molecule has 0 aromatic heterocycles. The first-order valence-electron chi connectivity index (χ1n) is 7.68. The van der Waals surface area contributed by atoms with Gasteiger partial charge in [-0.05, 0) is 30.7 Å². The Balaban J connectivity index is 1.57. The van der Waals surface area contributed by atoms with Gasteiger partial charge in [-0.2, -0.15) is 0 Å². The summed E-state index contributed by atoms with van der Waals surface area (Å²) in [4.78, 5) is 26.3. The van der Waals surface area contributed by atoms with Crippen molar-refractivity contribution in [3.05, 3.63) is 35.9 Å². The zero-order valence-corrected chi connectivity index (χ0v) is 12.3. The van der Waals surface area contributed by atoms with Crippen LogP contribution >= 0.6 is 0 Å². The van der Waals surface area contributed by atoms with E-state index in [0.29, 0.717) is 12.5 Å². The maximum absolute atomic E-state index is 12.3. The largest absolute Gasteiger partial charge is 0.459 e. The number of amides is 1. The summed E-state index contributed by atoms with van der Waals surface area (Å²) in [7, 11) is 0. The highest BCUT2D eigenvalue weighted by atomic mass is 16.5. The average molecular weight is 287 g/mol. The van der Waals surface area contributed by atoms with Crippen molar-refractivity contribution in [2.75, 3.05) is 6.54 Å². The first kappa shape index (κ1) is 14.1. The first-order valence-corrected chi connectivity index (χ1v) is 7.68. The molecular weight excluding hydrogens is 266 g/mol. The van der Waals surface area contributed by atoms with E-state index in [0.717, 1.165) is 24.8 Å². The molecule has 112 valence electrons. The molecule has 1 heterocycles. The summed E-state index contributed by atoms with van der Waals surface area (Å²) in [5.74, 6) is 0.478. The summed E-state index contributed by atoms with van der Waals surface area (Å²) in [6.45, 7) is 3.05. The van der Waals surface area contributed by atoms with Crippen LogP contribution in [-0.4, -0.2) is 29.4 Å². The molecule has 2 fully saturated rings. The number of nitrogens with zero attached hydrogens (tertiary/aromatic N) is 1. The fourth-order valence-corrected chi connectivity index (χ4v) is 2.98. The van der Waals surface area contributed by atoms with Gasteiger partial charge in [-0.25, -0.2) is 4.79 Å². The molecule has 1 aliphatic heterocycles. The van der Waals surface area contributed by atoms with Crippen LogP contribution in [0.3, 0.4) is 0 Å². The van der Waals surface area contributed by atoms with E-state index in [1.807, 2.05) is 30.3 Å². The van der Waals surface area contributed by atoms with Crippen molar-refractivity contribution < 1.29 is 14.3 Å². The van der Waals surface area contributed by atoms with Crippen LogP contribution in [0.25, 0.3) is 0 Å². The van der Waals surface area contributed by atoms with Crippen LogP contribution in [-0.2, 0) is 20.9 Å². The molecule has 0 N–H and O–H groups in total. The molecule has 0 radical (unpaired) electrons. The Morgan fingerprint density at radius 1 is 1.29 bits per heavy atom. The van der Waals surface area contributed by atoms with Crippen LogP contribution in [0.15, 0.2) is 30.3 Å². The van der Waals surface area contributed by atoms with Crippen molar-refractivity contribution >= 4 is 11.9 Å². The fraction of sp³-hybridized carbons (Fsp3) is 0.529. The van der Waals surface area contributed by atoms with Crippen molar-refractivity contribution in [2.45, 2.75) is 38.8 Å². The maximum Gasteiger partial charge on any atom is 0.329 e. The van der Waals surface area contributed by atoms with Gasteiger partial charge in [0, 0.05) is 12.5 Å². The Morgan fingerprint density at radius 3 is 2.67 bits per heavy atom. The summed E-state index contributed by atoms with van der Waals surface area (Å²) in [5, 5.41) is 0. The number of esters is 1. The average Bonchev–Trinajstić information content (AvgIpc) is 3.03. The van der Waals surface area contributed by atoms with Gasteiger partial charge in [0.15, 0.2) is 0 Å². The van der Waals surface area contributed by atoms with Gasteiger partial charge in [-0.3, -0.25) is 4.79 Å². The number of carbonyl (C=O) groups is 2. The van der Waals surface area contributed by atoms with Gasteiger partial charge in [0.25, 0.3) is 0 Å². The van der Waals surface area contributed by atoms with Gasteiger partial charge in [0.1, 0.15) is 12.6 Å². The molecular formula is C17H21NO3. The third-order valence-electron chi connectivity index (χ3n) is 4.46. The summed E-state index contributed by atoms with van der Waals surface area (Å²) < 4.78 is 5.39. The summed E-state index contributed by atoms with van der Waals surface area (Å²) in [6, 6.07) is 9.24. The third-order valence-corrected chi connectivity index (χ3v) is 4.46. The normalized spacial score (nSPS) is 27.5. The molecule has 2 aliphatic rings. The minimum atomic E-state index is -0.381. The molecule has 0 bridgehead atoms. The Hall–Kier alpha value is -1.84. The van der Waals surface area contributed by atoms with E-state index < -0.39 is 0 Å². The Kier molecular flexibility index (Phi) is 3.95. The monoisotopic (exact) mass is 287 g/mol. The summed E-state index contributed by atoms with van der Waals surface area (Å²) in [5.41, 5.74) is 0.970. The number of hydrogen-bond donors (Lipinski definition) is 0. The molecule has 0 spiro atoms. The molecule has 3 rings (SSSR count). The molecule has 1 aliphatic carbocycles. The number of carbonyl (C=O) groups excluding carboxylic acids is 2. The highest BCUT2D eigenvalue weighted by Crippen LogP contribution is 2.40. The predicted octanol–water partition coefficient (Wildman–Crippen LogP) is 2.38. The van der Waals surface area contributed by atoms with Crippen LogP contribution in [0.5, 0.6) is 0 Å². The van der Waals surface area contributed by atoms with Gasteiger partial charge in [-0.1, -0.05) is 37.3 Å². The van der Waals surface area contributed by atoms with Crippen molar-refractivity contribution in [1.82, 2.24) is 4.90 Å². The molecule has 21 heavy (non-hydrogen) atoms. The second-order valence-corrected chi connectivity index (χ2v) is 6.10. The lowest BCUT2D eigenvalue weighted by Crippen LogP contribution is -2.42.